The average Bonchev–Trinajstić information content (AvgIpc) is 3.26. The first kappa shape index (κ1) is 51.2. The van der Waals surface area contributed by atoms with Crippen LogP contribution in [0.5, 0.6) is 0 Å². The summed E-state index contributed by atoms with van der Waals surface area (Å²) in [4.78, 5) is 0. The number of aliphatic hydroxyl groups excluding tert-OH is 18. The minimum Gasteiger partial charge on any atom is -0.394 e. The van der Waals surface area contributed by atoms with Gasteiger partial charge in [-0.15, -0.1) is 0 Å². The fraction of sp³-hybridized carbons (Fsp3) is 1.00. The van der Waals surface area contributed by atoms with Gasteiger partial charge >= 0.3 is 0 Å². The molecular formula is C34H58O29. The fourth-order valence-electron chi connectivity index (χ4n) is 7.75. The molecule has 29 heteroatoms. The predicted molar refractivity (Wildman–Crippen MR) is 187 cm³/mol. The second-order valence-corrected chi connectivity index (χ2v) is 15.9. The van der Waals surface area contributed by atoms with Gasteiger partial charge in [0.1, 0.15) is 134 Å². The van der Waals surface area contributed by atoms with E-state index in [4.69, 9.17) is 52.1 Å². The van der Waals surface area contributed by atoms with E-state index in [1.807, 2.05) is 0 Å². The summed E-state index contributed by atoms with van der Waals surface area (Å²) in [5, 5.41) is 188. The van der Waals surface area contributed by atoms with E-state index >= 15 is 0 Å². The third-order valence-electron chi connectivity index (χ3n) is 11.6. The maximum Gasteiger partial charge on any atom is 0.187 e. The van der Waals surface area contributed by atoms with Crippen molar-refractivity contribution < 1.29 is 144 Å². The van der Waals surface area contributed by atoms with E-state index in [0.717, 1.165) is 0 Å². The Morgan fingerprint density at radius 1 is 0.333 bits per heavy atom. The largest absolute Gasteiger partial charge is 0.394 e. The number of aliphatic hydroxyl groups is 18. The second kappa shape index (κ2) is 21.9. The van der Waals surface area contributed by atoms with Gasteiger partial charge in [0.25, 0.3) is 0 Å². The highest BCUT2D eigenvalue weighted by molar-refractivity contribution is 4.98. The Hall–Kier alpha value is -1.16. The third kappa shape index (κ3) is 10.9. The Morgan fingerprint density at radius 2 is 0.683 bits per heavy atom. The molecule has 6 saturated heterocycles. The molecular weight excluding hydrogens is 872 g/mol. The smallest absolute Gasteiger partial charge is 0.187 e. The molecule has 6 heterocycles. The van der Waals surface area contributed by atoms with Crippen LogP contribution in [0.3, 0.4) is 0 Å². The molecule has 368 valence electrons. The monoisotopic (exact) mass is 930 g/mol. The summed E-state index contributed by atoms with van der Waals surface area (Å²) >= 11 is 0. The van der Waals surface area contributed by atoms with Crippen LogP contribution < -0.4 is 0 Å². The summed E-state index contributed by atoms with van der Waals surface area (Å²) in [6.07, 6.45) is -52.2. The van der Waals surface area contributed by atoms with E-state index in [-0.39, 0.29) is 0 Å². The van der Waals surface area contributed by atoms with Crippen molar-refractivity contribution in [2.24, 2.45) is 0 Å². The lowest BCUT2D eigenvalue weighted by molar-refractivity contribution is -0.393. The van der Waals surface area contributed by atoms with Crippen molar-refractivity contribution in [1.82, 2.24) is 0 Å². The van der Waals surface area contributed by atoms with Crippen molar-refractivity contribution in [3.8, 4) is 0 Å². The van der Waals surface area contributed by atoms with Crippen molar-refractivity contribution in [2.45, 2.75) is 172 Å². The van der Waals surface area contributed by atoms with Crippen molar-refractivity contribution >= 4 is 0 Å². The van der Waals surface area contributed by atoms with Crippen LogP contribution in [0.1, 0.15) is 0 Å². The molecule has 6 fully saturated rings. The Kier molecular flexibility index (Phi) is 17.8. The molecule has 29 nitrogen and oxygen atoms in total. The van der Waals surface area contributed by atoms with Crippen LogP contribution in [0.15, 0.2) is 0 Å². The van der Waals surface area contributed by atoms with Gasteiger partial charge in [-0.25, -0.2) is 0 Å². The standard InChI is InChI=1S/C34H58O29/c35-1-9-15(41)16(42)23(49)32(58-9)62-27-11(5-55-30-21(47)13(39)7(37)3-53-30)60-34(25(51)19(27)45)63-28-12(6-56-31-22(48)14(40)8(38)4-54-31)59-33(24(50)18(28)44)61-26-10(2-36)57-29(52)20(46)17(26)43/h7-52H,1-6H2/t7-,8-,9-,10-,11-,12-,13+,14+,15-,16+,17-,18-,19-,20-,21-,22-,23-,24-,25-,26-,27-,28-,29+,30-,31-,32+,33+,34+/m1/s1. The van der Waals surface area contributed by atoms with E-state index in [9.17, 15) is 91.9 Å². The molecule has 18 N–H and O–H groups in total. The minimum absolute atomic E-state index is 0.513. The van der Waals surface area contributed by atoms with Crippen LogP contribution in [-0.2, 0) is 52.1 Å². The zero-order valence-corrected chi connectivity index (χ0v) is 32.9. The summed E-state index contributed by atoms with van der Waals surface area (Å²) in [7, 11) is 0. The number of hydrogen-bond donors (Lipinski definition) is 18. The topological polar surface area (TPSA) is 466 Å². The van der Waals surface area contributed by atoms with E-state index in [1.165, 1.54) is 0 Å². The lowest BCUT2D eigenvalue weighted by Gasteiger charge is -2.49. The summed E-state index contributed by atoms with van der Waals surface area (Å²) in [5.74, 6) is 0. The first-order valence-electron chi connectivity index (χ1n) is 19.9. The van der Waals surface area contributed by atoms with Crippen LogP contribution in [0.2, 0.25) is 0 Å². The van der Waals surface area contributed by atoms with Crippen LogP contribution >= 0.6 is 0 Å². The molecule has 0 aromatic rings. The van der Waals surface area contributed by atoms with Crippen molar-refractivity contribution in [3.63, 3.8) is 0 Å². The normalized spacial score (nSPS) is 53.6. The fourth-order valence-corrected chi connectivity index (χ4v) is 7.75. The van der Waals surface area contributed by atoms with E-state index in [2.05, 4.69) is 0 Å². The van der Waals surface area contributed by atoms with Crippen LogP contribution in [0.25, 0.3) is 0 Å². The van der Waals surface area contributed by atoms with E-state index in [1.54, 1.807) is 0 Å². The van der Waals surface area contributed by atoms with Gasteiger partial charge in [-0.3, -0.25) is 0 Å². The van der Waals surface area contributed by atoms with Gasteiger partial charge in [0.2, 0.25) is 0 Å². The molecule has 63 heavy (non-hydrogen) atoms. The molecule has 0 amide bonds. The molecule has 6 rings (SSSR count). The number of rotatable bonds is 14. The first-order valence-corrected chi connectivity index (χ1v) is 19.9. The lowest BCUT2D eigenvalue weighted by Crippen LogP contribution is -2.68. The second-order valence-electron chi connectivity index (χ2n) is 15.9. The van der Waals surface area contributed by atoms with Gasteiger partial charge < -0.3 is 144 Å². The molecule has 6 aliphatic rings. The Labute approximate surface area is 355 Å². The lowest BCUT2D eigenvalue weighted by atomic mass is 9.95. The van der Waals surface area contributed by atoms with E-state index < -0.39 is 212 Å². The molecule has 0 radical (unpaired) electrons. The van der Waals surface area contributed by atoms with Gasteiger partial charge in [0, 0.05) is 0 Å². The van der Waals surface area contributed by atoms with Gasteiger partial charge in [-0.1, -0.05) is 0 Å². The molecule has 0 saturated carbocycles. The van der Waals surface area contributed by atoms with Gasteiger partial charge in [-0.2, -0.15) is 0 Å². The van der Waals surface area contributed by atoms with E-state index in [0.29, 0.717) is 0 Å². The zero-order valence-electron chi connectivity index (χ0n) is 32.9. The molecule has 0 spiro atoms. The van der Waals surface area contributed by atoms with Gasteiger partial charge in [-0.05, 0) is 0 Å². The Morgan fingerprint density at radius 3 is 1.10 bits per heavy atom. The minimum atomic E-state index is -2.22. The van der Waals surface area contributed by atoms with Crippen molar-refractivity contribution in [3.05, 3.63) is 0 Å². The SMILES string of the molecule is OC[C@H]1O[C@@H](O[C@H]2[C@H](O)[C@@H](O)[C@H](O[C@H]3[C@H](O)[C@@H](O)[C@H](O[C@H]4[C@H](O)[C@@H](O)[C@@H](O)O[C@@H]4CO)O[C@@H]3CO[C@H]3OC[C@@H](O)[C@H](O)[C@H]3O)O[C@@H]2CO[C@H]2OC[C@@H](O)[C@H](O)[C@H]2O)[C@H](O)[C@@H](O)[C@@H]1O. The Bertz CT molecular complexity index is 1400. The van der Waals surface area contributed by atoms with Gasteiger partial charge in [0.05, 0.1) is 39.6 Å². The summed E-state index contributed by atoms with van der Waals surface area (Å²) in [5.41, 5.74) is 0. The predicted octanol–water partition coefficient (Wildman–Crippen LogP) is -12.8. The first-order chi connectivity index (χ1) is 29.8. The molecule has 6 aliphatic heterocycles. The molecule has 0 aliphatic carbocycles. The zero-order chi connectivity index (χ0) is 46.2. The quantitative estimate of drug-likeness (QED) is 0.0769. The maximum absolute atomic E-state index is 11.5. The van der Waals surface area contributed by atoms with Gasteiger partial charge in [0.15, 0.2) is 37.7 Å². The Balaban J connectivity index is 1.25. The highest BCUT2D eigenvalue weighted by Gasteiger charge is 2.56. The molecule has 0 bridgehead atoms. The van der Waals surface area contributed by atoms with Crippen LogP contribution in [0.4, 0.5) is 0 Å². The van der Waals surface area contributed by atoms with Crippen LogP contribution in [-0.4, -0.2) is 304 Å². The summed E-state index contributed by atoms with van der Waals surface area (Å²) < 4.78 is 61.2. The maximum atomic E-state index is 11.5. The molecule has 0 aromatic carbocycles. The number of ether oxygens (including phenoxy) is 11. The molecule has 0 aromatic heterocycles. The number of hydrogen-bond acceptors (Lipinski definition) is 29. The average molecular weight is 931 g/mol. The van der Waals surface area contributed by atoms with Crippen molar-refractivity contribution in [1.29, 1.82) is 0 Å². The molecule has 28 atom stereocenters. The third-order valence-corrected chi connectivity index (χ3v) is 11.6. The van der Waals surface area contributed by atoms with Crippen LogP contribution in [0, 0.1) is 0 Å². The summed E-state index contributed by atoms with van der Waals surface area (Å²) in [6, 6.07) is 0. The van der Waals surface area contributed by atoms with Crippen molar-refractivity contribution in [2.75, 3.05) is 39.6 Å². The summed E-state index contributed by atoms with van der Waals surface area (Å²) in [6.45, 7) is -4.44. The highest BCUT2D eigenvalue weighted by atomic mass is 16.8. The highest BCUT2D eigenvalue weighted by Crippen LogP contribution is 2.35. The molecule has 0 unspecified atom stereocenters.